The normalized spacial score (nSPS) is 14.1. The van der Waals surface area contributed by atoms with Crippen molar-refractivity contribution in [3.05, 3.63) is 29.7 Å². The van der Waals surface area contributed by atoms with Crippen LogP contribution in [0.25, 0.3) is 11.5 Å². The Morgan fingerprint density at radius 3 is 2.29 bits per heavy atom. The number of nitrogens with one attached hydrogen (secondary N) is 1. The van der Waals surface area contributed by atoms with E-state index in [-0.39, 0.29) is 18.2 Å². The number of hydrogen-bond acceptors (Lipinski definition) is 5. The van der Waals surface area contributed by atoms with Gasteiger partial charge in [0.25, 0.3) is 5.89 Å². The highest BCUT2D eigenvalue weighted by molar-refractivity contribution is 5.91. The molecule has 1 aromatic heterocycles. The summed E-state index contributed by atoms with van der Waals surface area (Å²) in [5.41, 5.74) is 7.25. The van der Waals surface area contributed by atoms with Crippen molar-refractivity contribution in [1.82, 2.24) is 10.2 Å². The lowest BCUT2D eigenvalue weighted by atomic mass is 10.0. The zero-order valence-corrected chi connectivity index (χ0v) is 19.7. The number of aryl methyl sites for hydroxylation is 1. The summed E-state index contributed by atoms with van der Waals surface area (Å²) < 4.78 is 11.4. The van der Waals surface area contributed by atoms with Gasteiger partial charge in [0.1, 0.15) is 17.0 Å². The van der Waals surface area contributed by atoms with Crippen LogP contribution in [0.5, 0.6) is 5.75 Å². The average molecular weight is 449 g/mol. The van der Waals surface area contributed by atoms with Crippen LogP contribution in [0.1, 0.15) is 89.0 Å². The Kier molecular flexibility index (Phi) is 9.82. The highest BCUT2D eigenvalue weighted by Gasteiger charge is 2.52. The van der Waals surface area contributed by atoms with E-state index in [4.69, 9.17) is 20.3 Å². The van der Waals surface area contributed by atoms with Crippen LogP contribution < -0.4 is 10.5 Å². The molecule has 1 aliphatic rings. The zero-order chi connectivity index (χ0) is 21.4. The number of nitrogens with two attached hydrogens (primary N) is 1. The van der Waals surface area contributed by atoms with Gasteiger partial charge in [0.2, 0.25) is 5.89 Å². The number of halogens is 1. The second-order valence-corrected chi connectivity index (χ2v) is 8.52. The number of ether oxygens (including phenoxy) is 1. The van der Waals surface area contributed by atoms with Crippen molar-refractivity contribution in [3.8, 4) is 17.2 Å². The number of aromatic nitrogens is 2. The van der Waals surface area contributed by atoms with Crippen LogP contribution in [0.4, 0.5) is 0 Å². The lowest BCUT2D eigenvalue weighted by Gasteiger charge is -2.09. The number of nitrogens with zero attached hydrogens (tertiary/aromatic N) is 2. The van der Waals surface area contributed by atoms with E-state index in [1.54, 1.807) is 7.11 Å². The van der Waals surface area contributed by atoms with E-state index in [0.29, 0.717) is 17.5 Å². The second kappa shape index (κ2) is 12.1. The van der Waals surface area contributed by atoms with Crippen LogP contribution in [-0.2, 0) is 11.8 Å². The van der Waals surface area contributed by atoms with Gasteiger partial charge in [-0.3, -0.25) is 5.41 Å². The monoisotopic (exact) mass is 448 g/mol. The Morgan fingerprint density at radius 2 is 1.71 bits per heavy atom. The minimum atomic E-state index is -0.549. The second-order valence-electron chi connectivity index (χ2n) is 8.52. The van der Waals surface area contributed by atoms with Gasteiger partial charge in [0, 0.05) is 0 Å². The number of hydrogen-bond donors (Lipinski definition) is 2. The van der Waals surface area contributed by atoms with Crippen molar-refractivity contribution in [1.29, 1.82) is 5.41 Å². The minimum absolute atomic E-state index is 0. The average Bonchev–Trinajstić information content (AvgIpc) is 3.43. The van der Waals surface area contributed by atoms with Crippen molar-refractivity contribution in [2.75, 3.05) is 7.11 Å². The van der Waals surface area contributed by atoms with Crippen molar-refractivity contribution in [2.24, 2.45) is 5.73 Å². The lowest BCUT2D eigenvalue weighted by Crippen LogP contribution is -2.27. The standard InChI is InChI=1S/C24H36N4O2.ClH/c1-3-4-5-6-7-8-9-10-11-12-18-13-14-20(29-2)19(17-18)21-27-28-23(30-21)24(15-16-24)22(25)26;/h13-14,17H,3-12,15-16H2,1-2H3,(H3,25,26);1H. The number of unbranched alkanes of at least 4 members (excludes halogenated alkanes) is 8. The predicted molar refractivity (Wildman–Crippen MR) is 127 cm³/mol. The molecule has 1 aromatic carbocycles. The third-order valence-corrected chi connectivity index (χ3v) is 6.16. The Morgan fingerprint density at radius 1 is 1.06 bits per heavy atom. The molecule has 1 heterocycles. The molecule has 0 aliphatic heterocycles. The molecule has 31 heavy (non-hydrogen) atoms. The van der Waals surface area contributed by atoms with Crippen molar-refractivity contribution < 1.29 is 9.15 Å². The molecule has 0 saturated heterocycles. The summed E-state index contributed by atoms with van der Waals surface area (Å²) in [6.07, 6.45) is 14.5. The van der Waals surface area contributed by atoms with Crippen LogP contribution in [0, 0.1) is 5.41 Å². The number of rotatable bonds is 14. The molecule has 0 spiro atoms. The number of methoxy groups -OCH3 is 1. The molecule has 0 unspecified atom stereocenters. The van der Waals surface area contributed by atoms with E-state index in [9.17, 15) is 0 Å². The zero-order valence-electron chi connectivity index (χ0n) is 18.9. The van der Waals surface area contributed by atoms with Crippen LogP contribution in [0.2, 0.25) is 0 Å². The quantitative estimate of drug-likeness (QED) is 0.203. The SMILES string of the molecule is CCCCCCCCCCCc1ccc(OC)c(-c2nnc(C3(C(=N)N)CC3)o2)c1.Cl. The summed E-state index contributed by atoms with van der Waals surface area (Å²) >= 11 is 0. The summed E-state index contributed by atoms with van der Waals surface area (Å²) in [5.74, 6) is 1.69. The molecular formula is C24H37ClN4O2. The first-order valence-electron chi connectivity index (χ1n) is 11.5. The first kappa shape index (κ1) is 25.2. The summed E-state index contributed by atoms with van der Waals surface area (Å²) in [5, 5.41) is 16.2. The Balaban J connectivity index is 0.00000341. The number of benzene rings is 1. The highest BCUT2D eigenvalue weighted by atomic mass is 35.5. The van der Waals surface area contributed by atoms with Gasteiger partial charge in [-0.2, -0.15) is 0 Å². The van der Waals surface area contributed by atoms with Crippen molar-refractivity contribution in [3.63, 3.8) is 0 Å². The fourth-order valence-electron chi connectivity index (χ4n) is 3.97. The van der Waals surface area contributed by atoms with Gasteiger partial charge < -0.3 is 14.9 Å². The molecule has 172 valence electrons. The van der Waals surface area contributed by atoms with E-state index in [2.05, 4.69) is 29.3 Å². The molecule has 2 aromatic rings. The number of amidine groups is 1. The molecule has 7 heteroatoms. The van der Waals surface area contributed by atoms with E-state index in [1.165, 1.54) is 63.4 Å². The van der Waals surface area contributed by atoms with Gasteiger partial charge in [0.05, 0.1) is 12.7 Å². The Hall–Kier alpha value is -2.08. The van der Waals surface area contributed by atoms with Gasteiger partial charge in [-0.1, -0.05) is 64.4 Å². The molecule has 1 fully saturated rings. The van der Waals surface area contributed by atoms with E-state index in [1.807, 2.05) is 6.07 Å². The van der Waals surface area contributed by atoms with Crippen LogP contribution in [0.15, 0.2) is 22.6 Å². The summed E-state index contributed by atoms with van der Waals surface area (Å²) in [4.78, 5) is 0. The molecular weight excluding hydrogens is 412 g/mol. The fraction of sp³-hybridized carbons (Fsp3) is 0.625. The summed E-state index contributed by atoms with van der Waals surface area (Å²) in [7, 11) is 1.65. The summed E-state index contributed by atoms with van der Waals surface area (Å²) in [6, 6.07) is 6.18. The first-order valence-corrected chi connectivity index (χ1v) is 11.5. The highest BCUT2D eigenvalue weighted by Crippen LogP contribution is 2.48. The molecule has 1 aliphatic carbocycles. The van der Waals surface area contributed by atoms with Gasteiger partial charge >= 0.3 is 0 Å². The van der Waals surface area contributed by atoms with E-state index in [0.717, 1.165) is 24.8 Å². The topological polar surface area (TPSA) is 98.0 Å². The van der Waals surface area contributed by atoms with Crippen molar-refractivity contribution in [2.45, 2.75) is 89.4 Å². The molecule has 6 nitrogen and oxygen atoms in total. The largest absolute Gasteiger partial charge is 0.496 e. The third-order valence-electron chi connectivity index (χ3n) is 6.16. The van der Waals surface area contributed by atoms with Crippen LogP contribution in [-0.4, -0.2) is 23.1 Å². The van der Waals surface area contributed by atoms with Gasteiger partial charge in [-0.05, 0) is 43.4 Å². The fourth-order valence-corrected chi connectivity index (χ4v) is 3.97. The van der Waals surface area contributed by atoms with Crippen molar-refractivity contribution >= 4 is 18.2 Å². The molecule has 1 saturated carbocycles. The van der Waals surface area contributed by atoms with Gasteiger partial charge in [-0.25, -0.2) is 0 Å². The maximum atomic E-state index is 7.81. The van der Waals surface area contributed by atoms with Gasteiger partial charge in [-0.15, -0.1) is 22.6 Å². The minimum Gasteiger partial charge on any atom is -0.496 e. The third kappa shape index (κ3) is 6.45. The van der Waals surface area contributed by atoms with Crippen LogP contribution >= 0.6 is 12.4 Å². The maximum absolute atomic E-state index is 7.81. The molecule has 0 bridgehead atoms. The molecule has 0 atom stereocenters. The first-order chi connectivity index (χ1) is 14.6. The molecule has 0 amide bonds. The van der Waals surface area contributed by atoms with E-state index < -0.39 is 5.41 Å². The Labute approximate surface area is 192 Å². The Bertz CT molecular complexity index is 833. The molecule has 0 radical (unpaired) electrons. The maximum Gasteiger partial charge on any atom is 0.251 e. The lowest BCUT2D eigenvalue weighted by molar-refractivity contribution is 0.412. The molecule has 3 rings (SSSR count). The predicted octanol–water partition coefficient (Wildman–Crippen LogP) is 6.21. The smallest absolute Gasteiger partial charge is 0.251 e. The summed E-state index contributed by atoms with van der Waals surface area (Å²) in [6.45, 7) is 2.26. The van der Waals surface area contributed by atoms with E-state index >= 15 is 0 Å². The van der Waals surface area contributed by atoms with Gasteiger partial charge in [0.15, 0.2) is 0 Å². The van der Waals surface area contributed by atoms with Crippen LogP contribution in [0.3, 0.4) is 0 Å². The molecule has 3 N–H and O–H groups in total.